The van der Waals surface area contributed by atoms with Crippen LogP contribution in [0.5, 0.6) is 0 Å². The lowest BCUT2D eigenvalue weighted by Crippen LogP contribution is -1.90. The molecule has 129 heavy (non-hydrogen) atoms. The van der Waals surface area contributed by atoms with E-state index in [0.717, 1.165) is 50.3 Å². The average Bonchev–Trinajstić information content (AvgIpc) is 1.33. The van der Waals surface area contributed by atoms with Crippen molar-refractivity contribution in [3.63, 3.8) is 0 Å². The van der Waals surface area contributed by atoms with Crippen molar-refractivity contribution < 1.29 is 0 Å². The van der Waals surface area contributed by atoms with Crippen LogP contribution in [0.1, 0.15) is 0 Å². The highest BCUT2D eigenvalue weighted by atomic mass is 32.1. The highest BCUT2D eigenvalue weighted by molar-refractivity contribution is 7.27. The summed E-state index contributed by atoms with van der Waals surface area (Å²) in [5.74, 6) is 0. The van der Waals surface area contributed by atoms with Gasteiger partial charge in [0.05, 0.1) is 33.6 Å². The minimum atomic E-state index is 0.989. The number of pyridine rings is 3. The number of aromatic nitrogens is 3. The second-order valence-electron chi connectivity index (χ2n) is 33.3. The molecule has 0 N–H and O–H groups in total. The fraction of sp³-hybridized carbons (Fsp3) is 0. The monoisotopic (exact) mass is 1690 g/mol. The summed E-state index contributed by atoms with van der Waals surface area (Å²) < 4.78 is 8.04. The van der Waals surface area contributed by atoms with Crippen LogP contribution in [0, 0.1) is 0 Å². The van der Waals surface area contributed by atoms with Crippen molar-refractivity contribution in [3.8, 4) is 101 Å². The molecule has 0 atom stereocenters. The maximum Gasteiger partial charge on any atom is 0.0794 e. The van der Waals surface area contributed by atoms with Crippen LogP contribution in [0.25, 0.3) is 258 Å². The van der Waals surface area contributed by atoms with Gasteiger partial charge in [0, 0.05) is 115 Å². The summed E-state index contributed by atoms with van der Waals surface area (Å²) in [6.07, 6.45) is 0. The molecule has 0 bridgehead atoms. The van der Waals surface area contributed by atoms with Gasteiger partial charge >= 0.3 is 0 Å². The van der Waals surface area contributed by atoms with Gasteiger partial charge in [-0.1, -0.05) is 394 Å². The lowest BCUT2D eigenvalue weighted by atomic mass is 9.93. The second kappa shape index (κ2) is 31.6. The first-order valence-corrected chi connectivity index (χ1v) is 46.4. The smallest absolute Gasteiger partial charge is 0.0794 e. The predicted octanol–water partition coefficient (Wildman–Crippen LogP) is 35.7. The van der Waals surface area contributed by atoms with Crippen LogP contribution in [0.2, 0.25) is 0 Å². The zero-order valence-corrected chi connectivity index (χ0v) is 72.3. The quantitative estimate of drug-likeness (QED) is 0.135. The molecule has 27 aromatic rings. The topological polar surface area (TPSA) is 38.7 Å². The molecule has 0 radical (unpaired) electrons. The first-order valence-electron chi connectivity index (χ1n) is 43.9. The van der Waals surface area contributed by atoms with Crippen molar-refractivity contribution >= 4 is 192 Å². The van der Waals surface area contributed by atoms with E-state index < -0.39 is 0 Å². The lowest BCUT2D eigenvalue weighted by molar-refractivity contribution is 1.41. The average molecular weight is 1690 g/mol. The van der Waals surface area contributed by atoms with E-state index in [-0.39, 0.29) is 0 Å². The van der Waals surface area contributed by atoms with E-state index in [1.807, 2.05) is 34.0 Å². The highest BCUT2D eigenvalue weighted by Crippen LogP contribution is 2.48. The van der Waals surface area contributed by atoms with E-state index in [1.54, 1.807) is 0 Å². The number of thiophene rings is 3. The fourth-order valence-electron chi connectivity index (χ4n) is 19.8. The Labute approximate surface area is 756 Å². The first-order chi connectivity index (χ1) is 64.0. The minimum absolute atomic E-state index is 0.989. The third kappa shape index (κ3) is 13.2. The van der Waals surface area contributed by atoms with Gasteiger partial charge in [-0.05, 0) is 170 Å². The molecule has 6 aromatic heterocycles. The van der Waals surface area contributed by atoms with Crippen molar-refractivity contribution in [1.82, 2.24) is 15.0 Å². The van der Waals surface area contributed by atoms with Gasteiger partial charge in [0.2, 0.25) is 0 Å². The molecule has 0 saturated carbocycles. The molecular formula is C123H75N3S3. The molecule has 0 spiro atoms. The minimum Gasteiger partial charge on any atom is -0.247 e. The van der Waals surface area contributed by atoms with Gasteiger partial charge in [0.15, 0.2) is 0 Å². The number of hydrogen-bond donors (Lipinski definition) is 0. The van der Waals surface area contributed by atoms with Crippen molar-refractivity contribution in [2.24, 2.45) is 0 Å². The largest absolute Gasteiger partial charge is 0.247 e. The SMILES string of the molecule is c1cc(-c2ccc(-c3ccc4c5ccccc5c5ccccc5c4n3)cc2)cc(-c2cccc3c2sc2ccccc23)c1.c1ccc(-c2cccc3c2sc2ccccc23)c(-c2ccc(-c3ccc4c5ccccc5c5ccccc5c4n3)cc2)c1.c1ccc2c(c1)sc1c(-c3ccc(-c4ccc(-c5ccc6c7ccccc7c7ccccc7c6n5)cc4)cc3)cccc12. The van der Waals surface area contributed by atoms with E-state index in [2.05, 4.69) is 455 Å². The molecule has 6 heterocycles. The van der Waals surface area contributed by atoms with Crippen LogP contribution in [0.15, 0.2) is 455 Å². The van der Waals surface area contributed by atoms with Gasteiger partial charge in [0.25, 0.3) is 0 Å². The molecule has 0 saturated heterocycles. The molecular weight excluding hydrogens is 1620 g/mol. The Bertz CT molecular complexity index is 9070. The van der Waals surface area contributed by atoms with Crippen LogP contribution in [0.4, 0.5) is 0 Å². The van der Waals surface area contributed by atoms with E-state index in [9.17, 15) is 0 Å². The van der Waals surface area contributed by atoms with Gasteiger partial charge in [-0.2, -0.15) is 0 Å². The summed E-state index contributed by atoms with van der Waals surface area (Å²) in [5, 5.41) is 26.5. The summed E-state index contributed by atoms with van der Waals surface area (Å²) in [6, 6.07) is 164. The van der Waals surface area contributed by atoms with Crippen molar-refractivity contribution in [2.75, 3.05) is 0 Å². The standard InChI is InChI=1S/3C41H25NS/c1-2-13-33-31(11-1)32-12-3-4-15-35(32)40-36(33)23-24-38(42-40)27-21-19-26(20-22-27)28-9-7-10-29(25-28)30-16-8-17-37-34-14-5-6-18-39(34)43-41(30)37;1-2-11-29(36-17-9-18-37-33-15-7-8-19-39(33)43-41(36)37)28(10-1)26-20-22-27(23-21-26)38-25-24-35-32-14-4-3-12-30(32)31-13-5-6-16-34(31)40(35)42-38;1-2-10-33-31(8-1)32-9-3-4-12-35(32)40-36(33)24-25-38(42-40)29-22-18-27(19-23-29)26-16-20-28(21-17-26)30-13-7-14-37-34-11-5-6-15-39(34)43-41(30)37/h3*1-25H. The van der Waals surface area contributed by atoms with E-state index in [1.165, 1.54) is 208 Å². The number of nitrogens with zero attached hydrogens (tertiary/aromatic N) is 3. The molecule has 0 fully saturated rings. The molecule has 27 rings (SSSR count). The van der Waals surface area contributed by atoms with E-state index in [0.29, 0.717) is 0 Å². The van der Waals surface area contributed by atoms with Gasteiger partial charge in [0.1, 0.15) is 0 Å². The predicted molar refractivity (Wildman–Crippen MR) is 558 cm³/mol. The molecule has 0 unspecified atom stereocenters. The third-order valence-corrected chi connectivity index (χ3v) is 29.7. The first kappa shape index (κ1) is 75.6. The van der Waals surface area contributed by atoms with Gasteiger partial charge in [-0.25, -0.2) is 15.0 Å². The second-order valence-corrected chi connectivity index (χ2v) is 36.5. The molecule has 6 heteroatoms. The third-order valence-electron chi connectivity index (χ3n) is 26.1. The number of fused-ring (bicyclic) bond motifs is 27. The molecule has 3 nitrogen and oxygen atoms in total. The van der Waals surface area contributed by atoms with Crippen LogP contribution in [-0.4, -0.2) is 15.0 Å². The molecule has 0 aliphatic heterocycles. The maximum atomic E-state index is 5.25. The molecule has 21 aromatic carbocycles. The Morgan fingerprint density at radius 3 is 0.713 bits per heavy atom. The Kier molecular flexibility index (Phi) is 18.5. The van der Waals surface area contributed by atoms with Gasteiger partial charge in [-0.3, -0.25) is 0 Å². The highest BCUT2D eigenvalue weighted by Gasteiger charge is 2.21. The normalized spacial score (nSPS) is 11.7. The van der Waals surface area contributed by atoms with Crippen LogP contribution in [0.3, 0.4) is 0 Å². The Morgan fingerprint density at radius 1 is 0.124 bits per heavy atom. The maximum absolute atomic E-state index is 5.25. The Hall–Kier alpha value is -15.9. The molecule has 0 aliphatic carbocycles. The van der Waals surface area contributed by atoms with Crippen molar-refractivity contribution in [3.05, 3.63) is 455 Å². The summed E-state index contributed by atoms with van der Waals surface area (Å²) in [4.78, 5) is 15.7. The zero-order valence-electron chi connectivity index (χ0n) is 69.9. The van der Waals surface area contributed by atoms with E-state index >= 15 is 0 Å². The number of hydrogen-bond acceptors (Lipinski definition) is 6. The lowest BCUT2D eigenvalue weighted by Gasteiger charge is -2.13. The summed E-state index contributed by atoms with van der Waals surface area (Å²) in [6.45, 7) is 0. The van der Waals surface area contributed by atoms with Gasteiger partial charge < -0.3 is 0 Å². The Morgan fingerprint density at radius 2 is 0.349 bits per heavy atom. The van der Waals surface area contributed by atoms with Crippen LogP contribution < -0.4 is 0 Å². The molecule has 600 valence electrons. The van der Waals surface area contributed by atoms with Crippen LogP contribution in [-0.2, 0) is 0 Å². The molecule has 0 aliphatic rings. The Balaban J connectivity index is 0.000000105. The molecule has 0 amide bonds. The van der Waals surface area contributed by atoms with E-state index in [4.69, 9.17) is 15.0 Å². The summed E-state index contributed by atoms with van der Waals surface area (Å²) >= 11 is 5.64. The summed E-state index contributed by atoms with van der Waals surface area (Å²) in [5.41, 5.74) is 24.4. The summed E-state index contributed by atoms with van der Waals surface area (Å²) in [7, 11) is 0. The fourth-order valence-corrected chi connectivity index (χ4v) is 23.5. The van der Waals surface area contributed by atoms with Crippen LogP contribution >= 0.6 is 34.0 Å². The number of rotatable bonds is 9. The van der Waals surface area contributed by atoms with Crippen molar-refractivity contribution in [2.45, 2.75) is 0 Å². The number of benzene rings is 21. The van der Waals surface area contributed by atoms with Crippen molar-refractivity contribution in [1.29, 1.82) is 0 Å². The zero-order chi connectivity index (χ0) is 85.0. The van der Waals surface area contributed by atoms with Gasteiger partial charge in [-0.15, -0.1) is 34.0 Å².